The quantitative estimate of drug-likeness (QED) is 0.806. The second-order valence-corrected chi connectivity index (χ2v) is 4.48. The minimum Gasteiger partial charge on any atom is -0.480 e. The fourth-order valence-corrected chi connectivity index (χ4v) is 2.25. The minimum absolute atomic E-state index is 0.00658. The smallest absolute Gasteiger partial charge is 0.326 e. The van der Waals surface area contributed by atoms with E-state index in [0.717, 1.165) is 19.3 Å². The van der Waals surface area contributed by atoms with Gasteiger partial charge in [-0.3, -0.25) is 0 Å². The molecule has 0 saturated carbocycles. The summed E-state index contributed by atoms with van der Waals surface area (Å²) < 4.78 is 13.5. The lowest BCUT2D eigenvalue weighted by atomic mass is 9.87. The van der Waals surface area contributed by atoms with Crippen LogP contribution in [0.3, 0.4) is 0 Å². The van der Waals surface area contributed by atoms with Gasteiger partial charge in [0.15, 0.2) is 0 Å². The lowest BCUT2D eigenvalue weighted by molar-refractivity contribution is -0.139. The Morgan fingerprint density at radius 2 is 2.17 bits per heavy atom. The molecule has 0 saturated heterocycles. The molecule has 0 radical (unpaired) electrons. The third-order valence-corrected chi connectivity index (χ3v) is 3.23. The number of nitrogens with one attached hydrogen (secondary N) is 1. The molecule has 0 heterocycles. The molecule has 0 bridgehead atoms. The van der Waals surface area contributed by atoms with Gasteiger partial charge in [-0.25, -0.2) is 9.18 Å². The number of carbonyl (C=O) groups is 1. The minimum atomic E-state index is -0.932. The Kier molecular flexibility index (Phi) is 3.97. The van der Waals surface area contributed by atoms with E-state index >= 15 is 0 Å². The molecule has 1 aliphatic carbocycles. The van der Waals surface area contributed by atoms with Crippen molar-refractivity contribution >= 4 is 11.7 Å². The maximum absolute atomic E-state index is 13.5. The summed E-state index contributed by atoms with van der Waals surface area (Å²) in [7, 11) is 0. The Morgan fingerprint density at radius 3 is 2.78 bits per heavy atom. The third-order valence-electron chi connectivity index (χ3n) is 3.23. The largest absolute Gasteiger partial charge is 0.480 e. The first-order valence-corrected chi connectivity index (χ1v) is 6.07. The fourth-order valence-electron chi connectivity index (χ4n) is 2.25. The normalized spacial score (nSPS) is 20.4. The molecule has 1 aromatic carbocycles. The van der Waals surface area contributed by atoms with Crippen molar-refractivity contribution in [1.29, 1.82) is 0 Å². The monoisotopic (exact) mass is 249 g/mol. The number of benzene rings is 1. The van der Waals surface area contributed by atoms with E-state index in [1.165, 1.54) is 6.07 Å². The molecular formula is C14H16FNO2. The average Bonchev–Trinajstić information content (AvgIpc) is 2.38. The number of rotatable bonds is 4. The highest BCUT2D eigenvalue weighted by molar-refractivity contribution is 5.77. The molecule has 2 rings (SSSR count). The van der Waals surface area contributed by atoms with Gasteiger partial charge in [-0.2, -0.15) is 0 Å². The van der Waals surface area contributed by atoms with Crippen molar-refractivity contribution in [2.24, 2.45) is 5.92 Å². The summed E-state index contributed by atoms with van der Waals surface area (Å²) >= 11 is 0. The van der Waals surface area contributed by atoms with E-state index in [1.807, 2.05) is 6.08 Å². The van der Waals surface area contributed by atoms with Crippen LogP contribution in [-0.2, 0) is 4.79 Å². The first-order chi connectivity index (χ1) is 8.68. The van der Waals surface area contributed by atoms with E-state index in [1.54, 1.807) is 18.2 Å². The van der Waals surface area contributed by atoms with E-state index in [9.17, 15) is 14.3 Å². The SMILES string of the molecule is O=C(O)C(Nc1ccccc1F)C1CC=CCC1. The zero-order valence-corrected chi connectivity index (χ0v) is 9.97. The summed E-state index contributed by atoms with van der Waals surface area (Å²) in [6.07, 6.45) is 6.46. The van der Waals surface area contributed by atoms with Crippen LogP contribution in [0.5, 0.6) is 0 Å². The van der Waals surface area contributed by atoms with Crippen LogP contribution >= 0.6 is 0 Å². The number of carboxylic acids is 1. The van der Waals surface area contributed by atoms with Gasteiger partial charge in [-0.1, -0.05) is 24.3 Å². The van der Waals surface area contributed by atoms with Crippen LogP contribution in [0.15, 0.2) is 36.4 Å². The van der Waals surface area contributed by atoms with Crippen molar-refractivity contribution < 1.29 is 14.3 Å². The Balaban J connectivity index is 2.14. The molecule has 2 N–H and O–H groups in total. The van der Waals surface area contributed by atoms with Crippen molar-refractivity contribution in [3.63, 3.8) is 0 Å². The lowest BCUT2D eigenvalue weighted by Gasteiger charge is -2.26. The number of para-hydroxylation sites is 1. The first kappa shape index (κ1) is 12.6. The van der Waals surface area contributed by atoms with Gasteiger partial charge in [0, 0.05) is 0 Å². The van der Waals surface area contributed by atoms with Crippen molar-refractivity contribution in [2.75, 3.05) is 5.32 Å². The van der Waals surface area contributed by atoms with Gasteiger partial charge in [0.2, 0.25) is 0 Å². The standard InChI is InChI=1S/C14H16FNO2/c15-11-8-4-5-9-12(11)16-13(14(17)18)10-6-2-1-3-7-10/h1-2,4-5,8-10,13,16H,3,6-7H2,(H,17,18). The molecule has 0 spiro atoms. The van der Waals surface area contributed by atoms with E-state index in [0.29, 0.717) is 0 Å². The van der Waals surface area contributed by atoms with Gasteiger partial charge in [0.05, 0.1) is 5.69 Å². The number of aliphatic carboxylic acids is 1. The van der Waals surface area contributed by atoms with Crippen molar-refractivity contribution in [3.05, 3.63) is 42.2 Å². The Morgan fingerprint density at radius 1 is 1.39 bits per heavy atom. The zero-order chi connectivity index (χ0) is 13.0. The summed E-state index contributed by atoms with van der Waals surface area (Å²) in [5.41, 5.74) is 0.249. The van der Waals surface area contributed by atoms with E-state index < -0.39 is 17.8 Å². The van der Waals surface area contributed by atoms with E-state index in [4.69, 9.17) is 0 Å². The maximum Gasteiger partial charge on any atom is 0.326 e. The highest BCUT2D eigenvalue weighted by atomic mass is 19.1. The van der Waals surface area contributed by atoms with Crippen LogP contribution in [0.4, 0.5) is 10.1 Å². The molecule has 0 amide bonds. The molecule has 96 valence electrons. The summed E-state index contributed by atoms with van der Waals surface area (Å²) in [5, 5.41) is 12.1. The predicted molar refractivity (Wildman–Crippen MR) is 67.9 cm³/mol. The second-order valence-electron chi connectivity index (χ2n) is 4.48. The van der Waals surface area contributed by atoms with Gasteiger partial charge < -0.3 is 10.4 Å². The highest BCUT2D eigenvalue weighted by Gasteiger charge is 2.28. The molecular weight excluding hydrogens is 233 g/mol. The molecule has 3 nitrogen and oxygen atoms in total. The summed E-state index contributed by atoms with van der Waals surface area (Å²) in [6, 6.07) is 5.41. The number of carboxylic acid groups (broad SMARTS) is 1. The van der Waals surface area contributed by atoms with Gasteiger partial charge >= 0.3 is 5.97 Å². The Bertz CT molecular complexity index is 459. The van der Waals surface area contributed by atoms with Crippen LogP contribution in [0, 0.1) is 11.7 Å². The summed E-state index contributed by atoms with van der Waals surface area (Å²) in [5.74, 6) is -1.35. The molecule has 0 fully saturated rings. The molecule has 1 aliphatic rings. The molecule has 1 aromatic rings. The van der Waals surface area contributed by atoms with Crippen LogP contribution in [-0.4, -0.2) is 17.1 Å². The van der Waals surface area contributed by atoms with Gasteiger partial charge in [0.25, 0.3) is 0 Å². The van der Waals surface area contributed by atoms with Gasteiger partial charge in [0.1, 0.15) is 11.9 Å². The lowest BCUT2D eigenvalue weighted by Crippen LogP contribution is -2.37. The predicted octanol–water partition coefficient (Wildman–Crippen LogP) is 3.05. The highest BCUT2D eigenvalue weighted by Crippen LogP contribution is 2.25. The summed E-state index contributed by atoms with van der Waals surface area (Å²) in [4.78, 5) is 11.3. The molecule has 0 aliphatic heterocycles. The maximum atomic E-state index is 13.5. The number of halogens is 1. The van der Waals surface area contributed by atoms with Crippen LogP contribution in [0.2, 0.25) is 0 Å². The van der Waals surface area contributed by atoms with Gasteiger partial charge in [-0.05, 0) is 37.3 Å². The Hall–Kier alpha value is -1.84. The zero-order valence-electron chi connectivity index (χ0n) is 9.97. The molecule has 2 unspecified atom stereocenters. The average molecular weight is 249 g/mol. The van der Waals surface area contributed by atoms with Crippen molar-refractivity contribution in [2.45, 2.75) is 25.3 Å². The summed E-state index contributed by atoms with van der Waals surface area (Å²) in [6.45, 7) is 0. The number of hydrogen-bond donors (Lipinski definition) is 2. The van der Waals surface area contributed by atoms with Crippen LogP contribution in [0.1, 0.15) is 19.3 Å². The molecule has 18 heavy (non-hydrogen) atoms. The number of hydrogen-bond acceptors (Lipinski definition) is 2. The van der Waals surface area contributed by atoms with Crippen LogP contribution in [0.25, 0.3) is 0 Å². The number of allylic oxidation sites excluding steroid dienone is 2. The molecule has 0 aromatic heterocycles. The fraction of sp³-hybridized carbons (Fsp3) is 0.357. The molecule has 2 atom stereocenters. The second kappa shape index (κ2) is 5.67. The van der Waals surface area contributed by atoms with Crippen molar-refractivity contribution in [3.8, 4) is 0 Å². The van der Waals surface area contributed by atoms with Crippen LogP contribution < -0.4 is 5.32 Å². The number of anilines is 1. The Labute approximate surface area is 105 Å². The molecule has 4 heteroatoms. The first-order valence-electron chi connectivity index (χ1n) is 6.07. The van der Waals surface area contributed by atoms with E-state index in [-0.39, 0.29) is 11.6 Å². The van der Waals surface area contributed by atoms with Crippen molar-refractivity contribution in [1.82, 2.24) is 0 Å². The van der Waals surface area contributed by atoms with E-state index in [2.05, 4.69) is 11.4 Å². The van der Waals surface area contributed by atoms with Gasteiger partial charge in [-0.15, -0.1) is 0 Å². The topological polar surface area (TPSA) is 49.3 Å². The third kappa shape index (κ3) is 2.88.